The number of carbonyl (C=O) groups is 2. The lowest BCUT2D eigenvalue weighted by Gasteiger charge is -2.51. The Morgan fingerprint density at radius 1 is 0.203 bits per heavy atom. The molecular formula is C76H128N2O60. The Bertz CT molecular complexity index is 3710. The summed E-state index contributed by atoms with van der Waals surface area (Å²) in [6.45, 7) is -9.77. The van der Waals surface area contributed by atoms with Crippen LogP contribution in [-0.4, -0.2) is 632 Å². The van der Waals surface area contributed by atoms with Gasteiger partial charge in [-0.2, -0.15) is 0 Å². The summed E-state index contributed by atoms with van der Waals surface area (Å²) < 4.78 is 136. The number of ether oxygens (including phenoxy) is 23. The summed E-state index contributed by atoms with van der Waals surface area (Å²) in [7, 11) is 0. The molecule has 802 valence electrons. The van der Waals surface area contributed by atoms with Gasteiger partial charge in [-0.3, -0.25) is 9.59 Å². The predicted molar refractivity (Wildman–Crippen MR) is 417 cm³/mol. The summed E-state index contributed by atoms with van der Waals surface area (Å²) in [5, 5.41) is 397. The molecule has 138 heavy (non-hydrogen) atoms. The normalized spacial score (nSPS) is 52.2. The fraction of sp³-hybridized carbons (Fsp3) is 0.974. The van der Waals surface area contributed by atoms with Gasteiger partial charge in [-0.15, -0.1) is 0 Å². The molecule has 60 atom stereocenters. The zero-order chi connectivity index (χ0) is 101. The molecule has 2 amide bonds. The molecule has 0 saturated carbocycles. The number of aliphatic hydroxyl groups excluding tert-OH is 35. The van der Waals surface area contributed by atoms with Crippen LogP contribution in [0.1, 0.15) is 20.8 Å². The number of aliphatic hydroxyl groups is 35. The molecule has 0 radical (unpaired) electrons. The van der Waals surface area contributed by atoms with Gasteiger partial charge in [0.1, 0.15) is 287 Å². The largest absolute Gasteiger partial charge is 0.394 e. The maximum atomic E-state index is 13.4. The molecule has 0 aromatic heterocycles. The third kappa shape index (κ3) is 24.3. The number of carbonyl (C=O) groups excluding carboxylic acids is 2. The van der Waals surface area contributed by atoms with E-state index < -0.39 is 453 Å². The van der Waals surface area contributed by atoms with E-state index in [0.29, 0.717) is 0 Å². The highest BCUT2D eigenvalue weighted by Crippen LogP contribution is 2.42. The van der Waals surface area contributed by atoms with Gasteiger partial charge in [-0.25, -0.2) is 0 Å². The van der Waals surface area contributed by atoms with Crippen molar-refractivity contribution in [1.82, 2.24) is 10.6 Å². The maximum Gasteiger partial charge on any atom is 0.217 e. The Morgan fingerprint density at radius 2 is 0.442 bits per heavy atom. The van der Waals surface area contributed by atoms with Crippen LogP contribution in [0.4, 0.5) is 0 Å². The van der Waals surface area contributed by atoms with Crippen molar-refractivity contribution >= 4 is 11.8 Å². The van der Waals surface area contributed by atoms with E-state index >= 15 is 0 Å². The van der Waals surface area contributed by atoms with E-state index in [1.807, 2.05) is 0 Å². The van der Waals surface area contributed by atoms with Gasteiger partial charge in [-0.1, -0.05) is 0 Å². The van der Waals surface area contributed by atoms with Crippen molar-refractivity contribution in [3.8, 4) is 0 Å². The minimum atomic E-state index is -2.75. The van der Waals surface area contributed by atoms with Crippen LogP contribution in [0.15, 0.2) is 0 Å². The molecule has 0 aliphatic carbocycles. The van der Waals surface area contributed by atoms with Crippen molar-refractivity contribution in [1.29, 1.82) is 0 Å². The lowest BCUT2D eigenvalue weighted by atomic mass is 9.93. The third-order valence-corrected chi connectivity index (χ3v) is 25.8. The Morgan fingerprint density at radius 3 is 0.819 bits per heavy atom. The van der Waals surface area contributed by atoms with Crippen LogP contribution in [0.3, 0.4) is 0 Å². The van der Waals surface area contributed by atoms with E-state index in [1.165, 1.54) is 6.92 Å². The predicted octanol–water partition coefficient (Wildman–Crippen LogP) is -25.8. The second-order valence-electron chi connectivity index (χ2n) is 35.2. The lowest BCUT2D eigenvalue weighted by Crippen LogP contribution is -2.70. The Hall–Kier alpha value is -3.38. The van der Waals surface area contributed by atoms with E-state index in [1.54, 1.807) is 0 Å². The highest BCUT2D eigenvalue weighted by atomic mass is 16.8. The first kappa shape index (κ1) is 113. The summed E-state index contributed by atoms with van der Waals surface area (Å²) in [6.07, 6.45) is -128. The molecule has 62 nitrogen and oxygen atoms in total. The molecule has 12 aliphatic heterocycles. The van der Waals surface area contributed by atoms with E-state index in [-0.39, 0.29) is 0 Å². The van der Waals surface area contributed by atoms with Gasteiger partial charge in [0.25, 0.3) is 0 Å². The second kappa shape index (κ2) is 49.2. The van der Waals surface area contributed by atoms with Gasteiger partial charge in [0, 0.05) is 13.8 Å². The average molecular weight is 2030 g/mol. The number of nitrogens with one attached hydrogen (secondary N) is 2. The van der Waals surface area contributed by atoms with Crippen molar-refractivity contribution in [2.45, 2.75) is 389 Å². The molecule has 0 bridgehead atoms. The van der Waals surface area contributed by atoms with E-state index in [9.17, 15) is 188 Å². The van der Waals surface area contributed by atoms with Crippen molar-refractivity contribution in [3.05, 3.63) is 0 Å². The Kier molecular flexibility index (Phi) is 40.4. The number of amides is 2. The molecule has 12 aliphatic rings. The molecule has 37 N–H and O–H groups in total. The first-order valence-corrected chi connectivity index (χ1v) is 44.1. The quantitative estimate of drug-likeness (QED) is 0.0280. The Labute approximate surface area is 779 Å². The molecule has 12 heterocycles. The summed E-state index contributed by atoms with van der Waals surface area (Å²) in [4.78, 5) is 26.0. The molecule has 62 heteroatoms. The molecule has 12 rings (SSSR count). The van der Waals surface area contributed by atoms with Gasteiger partial charge in [0.15, 0.2) is 75.5 Å². The smallest absolute Gasteiger partial charge is 0.217 e. The third-order valence-electron chi connectivity index (χ3n) is 25.8. The van der Waals surface area contributed by atoms with E-state index in [0.717, 1.165) is 13.8 Å². The monoisotopic (exact) mass is 2030 g/mol. The number of rotatable bonds is 35. The molecular weight excluding hydrogens is 1900 g/mol. The summed E-state index contributed by atoms with van der Waals surface area (Å²) in [5.41, 5.74) is 0. The van der Waals surface area contributed by atoms with Gasteiger partial charge in [0.05, 0.1) is 78.8 Å². The first-order valence-electron chi connectivity index (χ1n) is 44.1. The van der Waals surface area contributed by atoms with Crippen molar-refractivity contribution < 1.29 is 297 Å². The lowest BCUT2D eigenvalue weighted by molar-refractivity contribution is -0.408. The van der Waals surface area contributed by atoms with Crippen molar-refractivity contribution in [3.63, 3.8) is 0 Å². The molecule has 1 unspecified atom stereocenters. The van der Waals surface area contributed by atoms with Crippen LogP contribution in [-0.2, 0) is 119 Å². The summed E-state index contributed by atoms with van der Waals surface area (Å²) in [6, 6.07) is -3.92. The van der Waals surface area contributed by atoms with Crippen LogP contribution in [0, 0.1) is 0 Å². The Balaban J connectivity index is 0.908. The first-order chi connectivity index (χ1) is 65.3. The minimum Gasteiger partial charge on any atom is -0.394 e. The summed E-state index contributed by atoms with van der Waals surface area (Å²) in [5.74, 6) is -1.93. The van der Waals surface area contributed by atoms with Gasteiger partial charge in [0.2, 0.25) is 11.8 Å². The van der Waals surface area contributed by atoms with Crippen LogP contribution in [0.2, 0.25) is 0 Å². The second-order valence-corrected chi connectivity index (χ2v) is 35.2. The molecule has 0 aromatic carbocycles. The maximum absolute atomic E-state index is 13.4. The fourth-order valence-electron chi connectivity index (χ4n) is 17.8. The average Bonchev–Trinajstić information content (AvgIpc) is 0.761. The highest BCUT2D eigenvalue weighted by molar-refractivity contribution is 5.73. The van der Waals surface area contributed by atoms with E-state index in [2.05, 4.69) is 10.6 Å². The molecule has 0 spiro atoms. The topological polar surface area (TPSA) is 979 Å². The minimum absolute atomic E-state index is 0.880. The fourth-order valence-corrected chi connectivity index (χ4v) is 17.8. The van der Waals surface area contributed by atoms with Crippen LogP contribution >= 0.6 is 0 Å². The number of hydrogen-bond donors (Lipinski definition) is 37. The standard InChI is InChI=1S/C76H128N2O60/c1-15-31(89)43(101)51(109)67(119-15)117-14-28-58(41(99)29(65(115)120-28)77-16(2)87)131-66-30(78-17(3)88)42(100)57(25(11-86)128-66)132-72-56(114)60(134-75-64(50(108)38(96)23(9-84)126-75)138-76-63(49(107)37(95)24(10-85)127-76)137-71-54(112)46(104)34(92)20(6-81)123-71)40(98)27(130-72)12-116-68-55(113)59(133-74-62(48(106)36(94)22(8-83)125-74)136-70-53(111)45(103)33(91)19(5-80)122-70)39(97)26(129-68)13-118-73-61(47(105)35(93)21(7-82)124-73)135-69-52(110)44(102)32(90)18(4-79)121-69/h15,18-76,79-86,89-115H,4-14H2,1-3H3,(H,77,87)(H,78,88)/t15-,18+,19+,20+,21+,22+,23+,24+,25+,26+,27+,28+,29+,30+,31+,32+,33+,34+,35+,36+,37+,38+,39+,40+,41+,42+,43+,44-,45-,46-,47-,48-,49-,50-,51-,52-,53-,54-,55-,56-,57+,58+,59-,60-,61-,62-,63-,64-,65?,66-,67+,68-,69+,70+,71+,72-,73-,74+,75+,76+/m0/s1. The highest BCUT2D eigenvalue weighted by Gasteiger charge is 2.63. The van der Waals surface area contributed by atoms with Crippen molar-refractivity contribution in [2.75, 3.05) is 72.7 Å². The van der Waals surface area contributed by atoms with Crippen LogP contribution in [0.5, 0.6) is 0 Å². The molecule has 12 saturated heterocycles. The zero-order valence-corrected chi connectivity index (χ0v) is 73.3. The number of hydrogen-bond acceptors (Lipinski definition) is 60. The van der Waals surface area contributed by atoms with Crippen LogP contribution in [0.25, 0.3) is 0 Å². The molecule has 0 aromatic rings. The van der Waals surface area contributed by atoms with Crippen molar-refractivity contribution in [2.24, 2.45) is 0 Å². The van der Waals surface area contributed by atoms with Gasteiger partial charge in [-0.05, 0) is 6.92 Å². The zero-order valence-electron chi connectivity index (χ0n) is 73.3. The van der Waals surface area contributed by atoms with E-state index in [4.69, 9.17) is 109 Å². The molecule has 12 fully saturated rings. The van der Waals surface area contributed by atoms with Crippen LogP contribution < -0.4 is 10.6 Å². The SMILES string of the molecule is CC(=O)N[C@H]1[C@H](O[C@H]2[C@H](O)[C@@H](NC(C)=O)C(O)O[C@@H]2CO[C@@H]2O[C@@H](C)[C@@H](O)[C@@H](O)[C@@H]2O)O[C@H](CO)[C@@H](O[C@@H]2O[C@H](CO[C@H]3O[C@H](CO[C@H]4O[C@H](CO)[C@@H](O)[C@H](O)[C@@H]4O[C@H]4O[C@H](CO)[C@@H](O)[C@H](O)[C@@H]4O)[C@@H](O)[C@H](O[C@H]4O[C@H](CO)[C@@H](O)[C@H](O)[C@@H]4O[C@H]4O[C@H](CO)[C@@H](O)[C@H](O)[C@@H]4O)[C@@H]3O)[C@@H](O)[C@H](O[C@H]3O[C@H](CO)[C@@H](O)[C@H](O)[C@@H]3O[C@H]3O[C@H](CO)[C@@H](O)[C@H](O)[C@@H]3O[C@H]3O[C@H](CO)[C@@H](O)[C@H](O)[C@@H]3O)[C@@H]2O)[C@@H]1O. The van der Waals surface area contributed by atoms with Gasteiger partial charge < -0.3 is 298 Å². The van der Waals surface area contributed by atoms with Gasteiger partial charge >= 0.3 is 0 Å². The summed E-state index contributed by atoms with van der Waals surface area (Å²) >= 11 is 0.